The van der Waals surface area contributed by atoms with Crippen molar-refractivity contribution in [1.82, 2.24) is 4.98 Å². The molecule has 0 aromatic carbocycles. The smallest absolute Gasteiger partial charge is 0.335 e. The molecule has 0 radical (unpaired) electrons. The number of aromatic carboxylic acids is 1. The van der Waals surface area contributed by atoms with E-state index in [9.17, 15) is 4.79 Å². The Morgan fingerprint density at radius 3 is 3.00 bits per heavy atom. The molecule has 0 atom stereocenters. The van der Waals surface area contributed by atoms with Gasteiger partial charge in [0.25, 0.3) is 0 Å². The highest BCUT2D eigenvalue weighted by molar-refractivity contribution is 7.98. The second-order valence-corrected chi connectivity index (χ2v) is 4.50. The molecule has 0 fully saturated rings. The van der Waals surface area contributed by atoms with Crippen LogP contribution in [-0.4, -0.2) is 16.1 Å². The van der Waals surface area contributed by atoms with Crippen molar-refractivity contribution in [2.75, 3.05) is 0 Å². The molecule has 0 aliphatic heterocycles. The number of rotatable bonds is 4. The lowest BCUT2D eigenvalue weighted by molar-refractivity contribution is 0.0696. The molecule has 2 rings (SSSR count). The molecule has 0 aliphatic rings. The van der Waals surface area contributed by atoms with Crippen molar-refractivity contribution in [1.29, 1.82) is 0 Å². The lowest BCUT2D eigenvalue weighted by Crippen LogP contribution is -1.99. The van der Waals surface area contributed by atoms with Gasteiger partial charge in [-0.05, 0) is 31.2 Å². The van der Waals surface area contributed by atoms with Gasteiger partial charge in [0.15, 0.2) is 0 Å². The van der Waals surface area contributed by atoms with Gasteiger partial charge in [-0.3, -0.25) is 0 Å². The zero-order chi connectivity index (χ0) is 12.3. The predicted molar refractivity (Wildman–Crippen MR) is 64.2 cm³/mol. The number of hydrogen-bond donors (Lipinski definition) is 1. The van der Waals surface area contributed by atoms with Crippen molar-refractivity contribution in [3.8, 4) is 0 Å². The van der Waals surface area contributed by atoms with Crippen molar-refractivity contribution >= 4 is 17.7 Å². The fourth-order valence-electron chi connectivity index (χ4n) is 1.38. The quantitative estimate of drug-likeness (QED) is 0.844. The molecule has 2 heterocycles. The molecule has 0 unspecified atom stereocenters. The fourth-order valence-corrected chi connectivity index (χ4v) is 2.25. The number of pyridine rings is 1. The summed E-state index contributed by atoms with van der Waals surface area (Å²) in [6.45, 7) is 1.78. The summed E-state index contributed by atoms with van der Waals surface area (Å²) in [6, 6.07) is 6.82. The standard InChI is InChI=1S/C12H11NO3S/c1-8-5-9(12(14)15)6-11(13-8)17-7-10-3-2-4-16-10/h2-6H,7H2,1H3,(H,14,15). The Hall–Kier alpha value is -1.75. The average Bonchev–Trinajstić information content (AvgIpc) is 2.78. The summed E-state index contributed by atoms with van der Waals surface area (Å²) in [4.78, 5) is 15.2. The van der Waals surface area contributed by atoms with E-state index in [1.807, 2.05) is 12.1 Å². The van der Waals surface area contributed by atoms with Crippen LogP contribution in [-0.2, 0) is 5.75 Å². The number of carbonyl (C=O) groups is 1. The van der Waals surface area contributed by atoms with E-state index in [-0.39, 0.29) is 5.56 Å². The number of furan rings is 1. The van der Waals surface area contributed by atoms with E-state index in [2.05, 4.69) is 4.98 Å². The summed E-state index contributed by atoms with van der Waals surface area (Å²) >= 11 is 1.46. The molecule has 0 saturated heterocycles. The molecule has 1 N–H and O–H groups in total. The Bertz CT molecular complexity index is 523. The van der Waals surface area contributed by atoms with E-state index in [0.29, 0.717) is 16.5 Å². The first-order valence-electron chi connectivity index (χ1n) is 5.02. The Kier molecular flexibility index (Phi) is 3.49. The third kappa shape index (κ3) is 3.10. The topological polar surface area (TPSA) is 63.3 Å². The van der Waals surface area contributed by atoms with Gasteiger partial charge in [-0.2, -0.15) is 0 Å². The van der Waals surface area contributed by atoms with Crippen LogP contribution in [0.4, 0.5) is 0 Å². The molecular formula is C12H11NO3S. The van der Waals surface area contributed by atoms with E-state index in [1.165, 1.54) is 11.8 Å². The molecule has 0 bridgehead atoms. The molecule has 2 aromatic heterocycles. The molecule has 4 nitrogen and oxygen atoms in total. The normalized spacial score (nSPS) is 10.4. The van der Waals surface area contributed by atoms with Crippen LogP contribution in [0.5, 0.6) is 0 Å². The molecule has 2 aromatic rings. The molecule has 0 saturated carbocycles. The molecular weight excluding hydrogens is 238 g/mol. The third-order valence-electron chi connectivity index (χ3n) is 2.12. The summed E-state index contributed by atoms with van der Waals surface area (Å²) in [7, 11) is 0. The van der Waals surface area contributed by atoms with Crippen molar-refractivity contribution in [2.24, 2.45) is 0 Å². The number of nitrogens with zero attached hydrogens (tertiary/aromatic N) is 1. The maximum absolute atomic E-state index is 10.9. The van der Waals surface area contributed by atoms with Crippen LogP contribution in [0.1, 0.15) is 21.8 Å². The lowest BCUT2D eigenvalue weighted by atomic mass is 10.2. The summed E-state index contributed by atoms with van der Waals surface area (Å²) in [5.74, 6) is 0.549. The third-order valence-corrected chi connectivity index (χ3v) is 3.05. The molecule has 17 heavy (non-hydrogen) atoms. The van der Waals surface area contributed by atoms with Crippen LogP contribution in [0.25, 0.3) is 0 Å². The molecule has 0 aliphatic carbocycles. The van der Waals surface area contributed by atoms with Crippen molar-refractivity contribution in [3.05, 3.63) is 47.5 Å². The number of carboxylic acid groups (broad SMARTS) is 1. The first-order valence-corrected chi connectivity index (χ1v) is 6.01. The van der Waals surface area contributed by atoms with Gasteiger partial charge in [0, 0.05) is 5.69 Å². The predicted octanol–water partition coefficient (Wildman–Crippen LogP) is 2.97. The highest BCUT2D eigenvalue weighted by Gasteiger charge is 2.07. The second-order valence-electron chi connectivity index (χ2n) is 3.51. The van der Waals surface area contributed by atoms with Crippen LogP contribution in [0, 0.1) is 6.92 Å². The lowest BCUT2D eigenvalue weighted by Gasteiger charge is -2.02. The number of carboxylic acids is 1. The van der Waals surface area contributed by atoms with E-state index in [0.717, 1.165) is 5.76 Å². The first kappa shape index (κ1) is 11.7. The van der Waals surface area contributed by atoms with E-state index >= 15 is 0 Å². The van der Waals surface area contributed by atoms with Crippen molar-refractivity contribution < 1.29 is 14.3 Å². The minimum absolute atomic E-state index is 0.263. The zero-order valence-corrected chi connectivity index (χ0v) is 10.0. The molecule has 5 heteroatoms. The SMILES string of the molecule is Cc1cc(C(=O)O)cc(SCc2ccco2)n1. The number of aromatic nitrogens is 1. The van der Waals surface area contributed by atoms with Crippen LogP contribution in [0.3, 0.4) is 0 Å². The van der Waals surface area contributed by atoms with Crippen molar-refractivity contribution in [3.63, 3.8) is 0 Å². The van der Waals surface area contributed by atoms with Gasteiger partial charge in [0.05, 0.1) is 22.6 Å². The minimum Gasteiger partial charge on any atom is -0.478 e. The van der Waals surface area contributed by atoms with Crippen molar-refractivity contribution in [2.45, 2.75) is 17.7 Å². The largest absolute Gasteiger partial charge is 0.478 e. The first-order chi connectivity index (χ1) is 8.15. The van der Waals surface area contributed by atoms with Gasteiger partial charge in [0.1, 0.15) is 5.76 Å². The van der Waals surface area contributed by atoms with Crippen LogP contribution >= 0.6 is 11.8 Å². The molecule has 88 valence electrons. The minimum atomic E-state index is -0.935. The van der Waals surface area contributed by atoms with Gasteiger partial charge < -0.3 is 9.52 Å². The van der Waals surface area contributed by atoms with Gasteiger partial charge in [-0.1, -0.05) is 11.8 Å². The number of aryl methyl sites for hydroxylation is 1. The van der Waals surface area contributed by atoms with E-state index in [4.69, 9.17) is 9.52 Å². The van der Waals surface area contributed by atoms with Gasteiger partial charge in [-0.15, -0.1) is 0 Å². The highest BCUT2D eigenvalue weighted by atomic mass is 32.2. The Balaban J connectivity index is 2.13. The fraction of sp³-hybridized carbons (Fsp3) is 0.167. The van der Waals surface area contributed by atoms with Gasteiger partial charge in [0.2, 0.25) is 0 Å². The summed E-state index contributed by atoms with van der Waals surface area (Å²) in [6.07, 6.45) is 1.61. The monoisotopic (exact) mass is 249 g/mol. The molecule has 0 amide bonds. The second kappa shape index (κ2) is 5.05. The van der Waals surface area contributed by atoms with Crippen LogP contribution in [0.15, 0.2) is 40.0 Å². The maximum atomic E-state index is 10.9. The number of hydrogen-bond acceptors (Lipinski definition) is 4. The summed E-state index contributed by atoms with van der Waals surface area (Å²) in [5, 5.41) is 9.62. The highest BCUT2D eigenvalue weighted by Crippen LogP contribution is 2.22. The average molecular weight is 249 g/mol. The zero-order valence-electron chi connectivity index (χ0n) is 9.21. The Labute approximate surface area is 103 Å². The number of thioether (sulfide) groups is 1. The summed E-state index contributed by atoms with van der Waals surface area (Å²) in [5.41, 5.74) is 0.964. The van der Waals surface area contributed by atoms with Crippen LogP contribution in [0.2, 0.25) is 0 Å². The van der Waals surface area contributed by atoms with Gasteiger partial charge in [-0.25, -0.2) is 9.78 Å². The molecule has 0 spiro atoms. The maximum Gasteiger partial charge on any atom is 0.335 e. The Morgan fingerprint density at radius 1 is 1.53 bits per heavy atom. The van der Waals surface area contributed by atoms with E-state index < -0.39 is 5.97 Å². The summed E-state index contributed by atoms with van der Waals surface area (Å²) < 4.78 is 5.20. The van der Waals surface area contributed by atoms with E-state index in [1.54, 1.807) is 25.3 Å². The van der Waals surface area contributed by atoms with Crippen LogP contribution < -0.4 is 0 Å². The van der Waals surface area contributed by atoms with Gasteiger partial charge >= 0.3 is 5.97 Å². The Morgan fingerprint density at radius 2 is 2.35 bits per heavy atom.